The van der Waals surface area contributed by atoms with Crippen LogP contribution in [0.15, 0.2) is 11.4 Å². The number of hydrogen-bond acceptors (Lipinski definition) is 7. The Morgan fingerprint density at radius 2 is 2.30 bits per heavy atom. The van der Waals surface area contributed by atoms with Crippen molar-refractivity contribution in [1.82, 2.24) is 15.0 Å². The van der Waals surface area contributed by atoms with E-state index in [1.165, 1.54) is 0 Å². The zero-order valence-electron chi connectivity index (χ0n) is 13.5. The van der Waals surface area contributed by atoms with Crippen LogP contribution in [0.5, 0.6) is 0 Å². The standard InChI is InChI=1S/C16H22N4O2S/c1-3-12-10-23-16(18-12)7-17-14-6-13(11-4-5-22-8-11)19-15(20-14)9-21-2/h6,10-11H,3-5,7-9H2,1-2H3,(H,17,19,20)/t11-/m1/s1. The molecule has 0 unspecified atom stereocenters. The van der Waals surface area contributed by atoms with Gasteiger partial charge in [0, 0.05) is 31.1 Å². The Hall–Kier alpha value is -1.57. The Bertz CT molecular complexity index is 641. The second-order valence-corrected chi connectivity index (χ2v) is 6.47. The first-order valence-electron chi connectivity index (χ1n) is 7.90. The summed E-state index contributed by atoms with van der Waals surface area (Å²) in [5.74, 6) is 1.87. The summed E-state index contributed by atoms with van der Waals surface area (Å²) in [6, 6.07) is 2.02. The average molecular weight is 334 g/mol. The molecule has 2 aromatic rings. The normalized spacial score (nSPS) is 17.6. The molecule has 0 amide bonds. The van der Waals surface area contributed by atoms with Crippen molar-refractivity contribution < 1.29 is 9.47 Å². The Labute approximate surface area is 140 Å². The molecule has 1 aliphatic heterocycles. The Morgan fingerprint density at radius 1 is 1.39 bits per heavy atom. The van der Waals surface area contributed by atoms with Gasteiger partial charge in [-0.05, 0) is 12.8 Å². The minimum absolute atomic E-state index is 0.348. The van der Waals surface area contributed by atoms with Gasteiger partial charge in [0.2, 0.25) is 0 Å². The molecule has 2 aromatic heterocycles. The molecule has 23 heavy (non-hydrogen) atoms. The first-order valence-corrected chi connectivity index (χ1v) is 8.78. The van der Waals surface area contributed by atoms with Gasteiger partial charge in [0.1, 0.15) is 17.4 Å². The van der Waals surface area contributed by atoms with E-state index >= 15 is 0 Å². The van der Waals surface area contributed by atoms with Crippen molar-refractivity contribution in [2.75, 3.05) is 25.6 Å². The van der Waals surface area contributed by atoms with Crippen molar-refractivity contribution in [2.45, 2.75) is 38.8 Å². The zero-order valence-corrected chi connectivity index (χ0v) is 14.4. The lowest BCUT2D eigenvalue weighted by Gasteiger charge is -2.12. The SMILES string of the molecule is CCc1csc(CNc2cc([C@@H]3CCOC3)nc(COC)n2)n1. The third kappa shape index (κ3) is 4.25. The molecule has 124 valence electrons. The molecule has 7 heteroatoms. The van der Waals surface area contributed by atoms with E-state index in [1.54, 1.807) is 18.4 Å². The summed E-state index contributed by atoms with van der Waals surface area (Å²) in [5, 5.41) is 6.54. The van der Waals surface area contributed by atoms with E-state index in [1.807, 2.05) is 6.07 Å². The number of thiazole rings is 1. The molecule has 0 spiro atoms. The van der Waals surface area contributed by atoms with E-state index in [0.717, 1.165) is 48.3 Å². The first kappa shape index (κ1) is 16.3. The summed E-state index contributed by atoms with van der Waals surface area (Å²) in [4.78, 5) is 13.7. The fourth-order valence-electron chi connectivity index (χ4n) is 2.54. The smallest absolute Gasteiger partial charge is 0.156 e. The number of rotatable bonds is 7. The van der Waals surface area contributed by atoms with Gasteiger partial charge in [-0.2, -0.15) is 0 Å². The van der Waals surface area contributed by atoms with Crippen LogP contribution in [0.25, 0.3) is 0 Å². The highest BCUT2D eigenvalue weighted by atomic mass is 32.1. The van der Waals surface area contributed by atoms with Crippen LogP contribution in [-0.4, -0.2) is 35.3 Å². The molecule has 0 aliphatic carbocycles. The monoisotopic (exact) mass is 334 g/mol. The minimum atomic E-state index is 0.348. The topological polar surface area (TPSA) is 69.2 Å². The third-order valence-electron chi connectivity index (χ3n) is 3.80. The summed E-state index contributed by atoms with van der Waals surface area (Å²) in [7, 11) is 1.66. The van der Waals surface area contributed by atoms with Crippen LogP contribution in [0.3, 0.4) is 0 Å². The van der Waals surface area contributed by atoms with Crippen molar-refractivity contribution >= 4 is 17.2 Å². The molecule has 0 radical (unpaired) electrons. The van der Waals surface area contributed by atoms with Crippen molar-refractivity contribution in [1.29, 1.82) is 0 Å². The Morgan fingerprint density at radius 3 is 3.00 bits per heavy atom. The van der Waals surface area contributed by atoms with Gasteiger partial charge in [-0.15, -0.1) is 11.3 Å². The largest absolute Gasteiger partial charge is 0.381 e. The fourth-order valence-corrected chi connectivity index (χ4v) is 3.35. The molecule has 0 saturated carbocycles. The summed E-state index contributed by atoms with van der Waals surface area (Å²) in [5.41, 5.74) is 2.17. The number of nitrogens with one attached hydrogen (secondary N) is 1. The molecule has 1 saturated heterocycles. The van der Waals surface area contributed by atoms with Gasteiger partial charge in [-0.25, -0.2) is 15.0 Å². The van der Waals surface area contributed by atoms with E-state index in [0.29, 0.717) is 24.9 Å². The number of anilines is 1. The predicted octanol–water partition coefficient (Wildman–Crippen LogP) is 2.76. The number of nitrogens with zero attached hydrogens (tertiary/aromatic N) is 3. The van der Waals surface area contributed by atoms with E-state index < -0.39 is 0 Å². The van der Waals surface area contributed by atoms with Crippen molar-refractivity contribution in [3.8, 4) is 0 Å². The van der Waals surface area contributed by atoms with Gasteiger partial charge in [-0.3, -0.25) is 0 Å². The van der Waals surface area contributed by atoms with E-state index in [2.05, 4.69) is 32.6 Å². The Balaban J connectivity index is 1.73. The molecule has 1 aliphatic rings. The molecule has 6 nitrogen and oxygen atoms in total. The third-order valence-corrected chi connectivity index (χ3v) is 4.69. The lowest BCUT2D eigenvalue weighted by molar-refractivity contribution is 0.177. The summed E-state index contributed by atoms with van der Waals surface area (Å²) in [6.45, 7) is 4.73. The quantitative estimate of drug-likeness (QED) is 0.840. The van der Waals surface area contributed by atoms with Crippen LogP contribution in [0.1, 0.15) is 41.5 Å². The number of ether oxygens (including phenoxy) is 2. The number of aryl methyl sites for hydroxylation is 1. The molecule has 0 bridgehead atoms. The summed E-state index contributed by atoms with van der Waals surface area (Å²) < 4.78 is 10.7. The van der Waals surface area contributed by atoms with Crippen molar-refractivity contribution in [2.24, 2.45) is 0 Å². The van der Waals surface area contributed by atoms with E-state index in [4.69, 9.17) is 9.47 Å². The van der Waals surface area contributed by atoms with Crippen LogP contribution in [0, 0.1) is 0 Å². The Kier molecular flexibility index (Phi) is 5.53. The summed E-state index contributed by atoms with van der Waals surface area (Å²) in [6.07, 6.45) is 1.98. The number of hydrogen-bond donors (Lipinski definition) is 1. The lowest BCUT2D eigenvalue weighted by Crippen LogP contribution is -2.10. The van der Waals surface area contributed by atoms with Crippen LogP contribution < -0.4 is 5.32 Å². The molecule has 1 N–H and O–H groups in total. The van der Waals surface area contributed by atoms with Gasteiger partial charge in [0.05, 0.1) is 24.5 Å². The maximum Gasteiger partial charge on any atom is 0.156 e. The van der Waals surface area contributed by atoms with Gasteiger partial charge in [-0.1, -0.05) is 6.92 Å². The van der Waals surface area contributed by atoms with Gasteiger partial charge < -0.3 is 14.8 Å². The maximum absolute atomic E-state index is 5.48. The molecule has 3 heterocycles. The lowest BCUT2D eigenvalue weighted by atomic mass is 10.0. The van der Waals surface area contributed by atoms with Crippen molar-refractivity contribution in [3.05, 3.63) is 33.7 Å². The van der Waals surface area contributed by atoms with Crippen LogP contribution in [0.4, 0.5) is 5.82 Å². The zero-order chi connectivity index (χ0) is 16.1. The van der Waals surface area contributed by atoms with Gasteiger partial charge in [0.25, 0.3) is 0 Å². The molecule has 3 rings (SSSR count). The molecular formula is C16H22N4O2S. The number of aromatic nitrogens is 3. The average Bonchev–Trinajstić information content (AvgIpc) is 3.24. The van der Waals surface area contributed by atoms with E-state index in [-0.39, 0.29) is 0 Å². The van der Waals surface area contributed by atoms with E-state index in [9.17, 15) is 0 Å². The van der Waals surface area contributed by atoms with Crippen molar-refractivity contribution in [3.63, 3.8) is 0 Å². The highest BCUT2D eigenvalue weighted by molar-refractivity contribution is 7.09. The highest BCUT2D eigenvalue weighted by Crippen LogP contribution is 2.25. The second-order valence-electron chi connectivity index (χ2n) is 5.53. The first-order chi connectivity index (χ1) is 11.3. The van der Waals surface area contributed by atoms with Crippen LogP contribution >= 0.6 is 11.3 Å². The summed E-state index contributed by atoms with van der Waals surface area (Å²) >= 11 is 1.68. The van der Waals surface area contributed by atoms with Crippen LogP contribution in [-0.2, 0) is 29.0 Å². The molecule has 1 fully saturated rings. The fraction of sp³-hybridized carbons (Fsp3) is 0.562. The minimum Gasteiger partial charge on any atom is -0.381 e. The highest BCUT2D eigenvalue weighted by Gasteiger charge is 2.20. The molecule has 0 aromatic carbocycles. The van der Waals surface area contributed by atoms with Gasteiger partial charge >= 0.3 is 0 Å². The maximum atomic E-state index is 5.48. The number of methoxy groups -OCH3 is 1. The predicted molar refractivity (Wildman–Crippen MR) is 89.7 cm³/mol. The van der Waals surface area contributed by atoms with Crippen LogP contribution in [0.2, 0.25) is 0 Å². The molecular weight excluding hydrogens is 312 g/mol. The second kappa shape index (κ2) is 7.81. The molecule has 1 atom stereocenters. The van der Waals surface area contributed by atoms with Gasteiger partial charge in [0.15, 0.2) is 5.82 Å².